The zero-order valence-corrected chi connectivity index (χ0v) is 17.5. The van der Waals surface area contributed by atoms with E-state index < -0.39 is 17.0 Å². The molecule has 2 aromatic carbocycles. The Morgan fingerprint density at radius 3 is 2.43 bits per heavy atom. The first kappa shape index (κ1) is 22.4. The molecule has 6 heteroatoms. The predicted octanol–water partition coefficient (Wildman–Crippen LogP) is 4.10. The van der Waals surface area contributed by atoms with Gasteiger partial charge in [0.05, 0.1) is 18.1 Å². The molecular weight excluding hydrogens is 388 g/mol. The van der Waals surface area contributed by atoms with Gasteiger partial charge in [-0.25, -0.2) is 8.78 Å². The van der Waals surface area contributed by atoms with Crippen molar-refractivity contribution in [3.63, 3.8) is 0 Å². The minimum atomic E-state index is -0.887. The maximum atomic E-state index is 13.7. The fourth-order valence-corrected chi connectivity index (χ4v) is 3.92. The van der Waals surface area contributed by atoms with Gasteiger partial charge in [0.15, 0.2) is 11.6 Å². The van der Waals surface area contributed by atoms with Gasteiger partial charge in [0.25, 0.3) is 0 Å². The molecule has 0 spiro atoms. The summed E-state index contributed by atoms with van der Waals surface area (Å²) < 4.78 is 32.4. The second kappa shape index (κ2) is 9.67. The highest BCUT2D eigenvalue weighted by Gasteiger charge is 2.41. The molecule has 3 rings (SSSR count). The van der Waals surface area contributed by atoms with Crippen molar-refractivity contribution in [3.05, 3.63) is 59.7 Å². The first-order valence-corrected chi connectivity index (χ1v) is 10.4. The van der Waals surface area contributed by atoms with Crippen LogP contribution in [-0.2, 0) is 16.0 Å². The SMILES string of the molecule is CC(C)C(CO)NC(=O)C1(Cc2cccc(-c3ccc(F)c(F)c3)c2)CCOCC1. The third-order valence-corrected chi connectivity index (χ3v) is 5.97. The molecule has 162 valence electrons. The molecule has 1 amide bonds. The first-order chi connectivity index (χ1) is 14.3. The quantitative estimate of drug-likeness (QED) is 0.713. The van der Waals surface area contributed by atoms with Crippen LogP contribution in [0.15, 0.2) is 42.5 Å². The number of aliphatic hydroxyl groups is 1. The Balaban J connectivity index is 1.86. The lowest BCUT2D eigenvalue weighted by molar-refractivity contribution is -0.138. The number of carbonyl (C=O) groups excluding carboxylic acids is 1. The summed E-state index contributed by atoms with van der Waals surface area (Å²) in [5, 5.41) is 12.6. The number of amides is 1. The highest BCUT2D eigenvalue weighted by atomic mass is 19.2. The van der Waals surface area contributed by atoms with Gasteiger partial charge >= 0.3 is 0 Å². The Labute approximate surface area is 176 Å². The molecule has 1 heterocycles. The summed E-state index contributed by atoms with van der Waals surface area (Å²) in [4.78, 5) is 13.3. The predicted molar refractivity (Wildman–Crippen MR) is 112 cm³/mol. The minimum Gasteiger partial charge on any atom is -0.394 e. The van der Waals surface area contributed by atoms with Crippen molar-refractivity contribution < 1.29 is 23.4 Å². The molecule has 30 heavy (non-hydrogen) atoms. The van der Waals surface area contributed by atoms with Gasteiger partial charge < -0.3 is 15.2 Å². The molecule has 0 saturated carbocycles. The monoisotopic (exact) mass is 417 g/mol. The number of aliphatic hydroxyl groups excluding tert-OH is 1. The molecule has 2 N–H and O–H groups in total. The van der Waals surface area contributed by atoms with Gasteiger partial charge in [-0.1, -0.05) is 44.2 Å². The number of hydrogen-bond donors (Lipinski definition) is 2. The van der Waals surface area contributed by atoms with E-state index in [0.29, 0.717) is 38.0 Å². The zero-order chi connectivity index (χ0) is 21.7. The van der Waals surface area contributed by atoms with Crippen molar-refractivity contribution in [2.24, 2.45) is 11.3 Å². The second-order valence-electron chi connectivity index (χ2n) is 8.41. The van der Waals surface area contributed by atoms with E-state index in [4.69, 9.17) is 4.74 Å². The standard InChI is InChI=1S/C24H29F2NO3/c1-16(2)22(15-28)27-23(29)24(8-10-30-11-9-24)14-17-4-3-5-18(12-17)19-6-7-20(25)21(26)13-19/h3-7,12-13,16,22,28H,8-11,14-15H2,1-2H3,(H,27,29). The number of nitrogens with one attached hydrogen (secondary N) is 1. The molecule has 1 aliphatic rings. The van der Waals surface area contributed by atoms with Crippen LogP contribution < -0.4 is 5.32 Å². The first-order valence-electron chi connectivity index (χ1n) is 10.4. The van der Waals surface area contributed by atoms with Crippen LogP contribution in [0.4, 0.5) is 8.78 Å². The Bertz CT molecular complexity index is 879. The smallest absolute Gasteiger partial charge is 0.227 e. The average Bonchev–Trinajstić information content (AvgIpc) is 2.74. The van der Waals surface area contributed by atoms with Crippen LogP contribution in [0, 0.1) is 23.0 Å². The van der Waals surface area contributed by atoms with Gasteiger partial charge in [-0.05, 0) is 54.0 Å². The van der Waals surface area contributed by atoms with E-state index in [1.807, 2.05) is 38.1 Å². The lowest BCUT2D eigenvalue weighted by Gasteiger charge is -2.37. The van der Waals surface area contributed by atoms with Crippen LogP contribution in [0.2, 0.25) is 0 Å². The number of carbonyl (C=O) groups is 1. The lowest BCUT2D eigenvalue weighted by Crippen LogP contribution is -2.51. The second-order valence-corrected chi connectivity index (χ2v) is 8.41. The van der Waals surface area contributed by atoms with Crippen LogP contribution in [-0.4, -0.2) is 36.9 Å². The fraction of sp³-hybridized carbons (Fsp3) is 0.458. The Morgan fingerprint density at radius 1 is 1.10 bits per heavy atom. The topological polar surface area (TPSA) is 58.6 Å². The van der Waals surface area contributed by atoms with Crippen molar-refractivity contribution in [2.75, 3.05) is 19.8 Å². The summed E-state index contributed by atoms with van der Waals surface area (Å²) in [6.07, 6.45) is 1.69. The lowest BCUT2D eigenvalue weighted by atomic mass is 9.74. The van der Waals surface area contributed by atoms with Crippen molar-refractivity contribution in [1.82, 2.24) is 5.32 Å². The maximum Gasteiger partial charge on any atom is 0.227 e. The number of halogens is 2. The summed E-state index contributed by atoms with van der Waals surface area (Å²) >= 11 is 0. The number of ether oxygens (including phenoxy) is 1. The van der Waals surface area contributed by atoms with Crippen LogP contribution >= 0.6 is 0 Å². The van der Waals surface area contributed by atoms with Gasteiger partial charge in [-0.15, -0.1) is 0 Å². The highest BCUT2D eigenvalue weighted by molar-refractivity contribution is 5.83. The van der Waals surface area contributed by atoms with E-state index in [1.54, 1.807) is 6.07 Å². The van der Waals surface area contributed by atoms with Crippen LogP contribution in [0.25, 0.3) is 11.1 Å². The zero-order valence-electron chi connectivity index (χ0n) is 17.5. The summed E-state index contributed by atoms with van der Waals surface area (Å²) in [6, 6.07) is 11.1. The summed E-state index contributed by atoms with van der Waals surface area (Å²) in [7, 11) is 0. The molecule has 2 aromatic rings. The van der Waals surface area contributed by atoms with E-state index in [2.05, 4.69) is 5.32 Å². The van der Waals surface area contributed by atoms with Gasteiger partial charge in [0.2, 0.25) is 5.91 Å². The number of hydrogen-bond acceptors (Lipinski definition) is 3. The van der Waals surface area contributed by atoms with E-state index in [-0.39, 0.29) is 24.5 Å². The normalized spacial score (nSPS) is 17.0. The van der Waals surface area contributed by atoms with Crippen LogP contribution in [0.3, 0.4) is 0 Å². The molecule has 0 aromatic heterocycles. The van der Waals surface area contributed by atoms with Crippen LogP contribution in [0.5, 0.6) is 0 Å². The van der Waals surface area contributed by atoms with Crippen LogP contribution in [0.1, 0.15) is 32.3 Å². The highest BCUT2D eigenvalue weighted by Crippen LogP contribution is 2.36. The molecule has 1 saturated heterocycles. The Kier molecular flexibility index (Phi) is 7.21. The van der Waals surface area contributed by atoms with E-state index in [0.717, 1.165) is 17.2 Å². The molecule has 0 aliphatic carbocycles. The minimum absolute atomic E-state index is 0.0724. The molecule has 1 fully saturated rings. The average molecular weight is 417 g/mol. The summed E-state index contributed by atoms with van der Waals surface area (Å²) in [5.41, 5.74) is 1.66. The molecule has 0 radical (unpaired) electrons. The summed E-state index contributed by atoms with van der Waals surface area (Å²) in [6.45, 7) is 4.82. The van der Waals surface area contributed by atoms with Gasteiger partial charge in [-0.3, -0.25) is 4.79 Å². The fourth-order valence-electron chi connectivity index (χ4n) is 3.92. The molecular formula is C24H29F2NO3. The summed E-state index contributed by atoms with van der Waals surface area (Å²) in [5.74, 6) is -1.72. The van der Waals surface area contributed by atoms with Crippen molar-refractivity contribution in [3.8, 4) is 11.1 Å². The van der Waals surface area contributed by atoms with Gasteiger partial charge in [0, 0.05) is 13.2 Å². The molecule has 1 atom stereocenters. The van der Waals surface area contributed by atoms with Crippen molar-refractivity contribution >= 4 is 5.91 Å². The molecule has 1 aliphatic heterocycles. The largest absolute Gasteiger partial charge is 0.394 e. The van der Waals surface area contributed by atoms with Crippen molar-refractivity contribution in [2.45, 2.75) is 39.2 Å². The van der Waals surface area contributed by atoms with E-state index in [9.17, 15) is 18.7 Å². The van der Waals surface area contributed by atoms with Gasteiger partial charge in [-0.2, -0.15) is 0 Å². The number of benzene rings is 2. The van der Waals surface area contributed by atoms with E-state index >= 15 is 0 Å². The van der Waals surface area contributed by atoms with Gasteiger partial charge in [0.1, 0.15) is 0 Å². The Morgan fingerprint density at radius 2 is 1.80 bits per heavy atom. The number of rotatable bonds is 7. The van der Waals surface area contributed by atoms with Crippen molar-refractivity contribution in [1.29, 1.82) is 0 Å². The molecule has 0 bridgehead atoms. The maximum absolute atomic E-state index is 13.7. The third-order valence-electron chi connectivity index (χ3n) is 5.97. The molecule has 1 unspecified atom stereocenters. The molecule has 4 nitrogen and oxygen atoms in total. The third kappa shape index (κ3) is 5.05. The Hall–Kier alpha value is -2.31. The van der Waals surface area contributed by atoms with E-state index in [1.165, 1.54) is 6.07 Å².